The number of nitrogens with two attached hydrogens (primary N) is 1. The molecule has 2 aromatic heterocycles. The number of hydrogen-bond acceptors (Lipinski definition) is 3. The molecule has 2 heterocycles. The Bertz CT molecular complexity index is 656. The fourth-order valence-electron chi connectivity index (χ4n) is 1.69. The SMILES string of the molecule is Nc1n[nH]c(-c2coc3ccccc23)c1Br. The van der Waals surface area contributed by atoms with Crippen molar-refractivity contribution in [1.82, 2.24) is 10.2 Å². The number of nitrogen functional groups attached to an aromatic ring is 1. The quantitative estimate of drug-likeness (QED) is 0.718. The first kappa shape index (κ1) is 9.47. The molecule has 0 atom stereocenters. The van der Waals surface area contributed by atoms with E-state index in [0.29, 0.717) is 5.82 Å². The van der Waals surface area contributed by atoms with E-state index in [-0.39, 0.29) is 0 Å². The number of furan rings is 1. The molecule has 0 aliphatic rings. The van der Waals surface area contributed by atoms with Gasteiger partial charge in [0, 0.05) is 10.9 Å². The van der Waals surface area contributed by atoms with Crippen molar-refractivity contribution >= 4 is 32.7 Å². The second-order valence-corrected chi connectivity index (χ2v) is 4.24. The normalized spacial score (nSPS) is 11.1. The van der Waals surface area contributed by atoms with E-state index in [4.69, 9.17) is 10.2 Å². The first-order chi connectivity index (χ1) is 7.77. The van der Waals surface area contributed by atoms with Gasteiger partial charge in [0.2, 0.25) is 0 Å². The predicted molar refractivity (Wildman–Crippen MR) is 65.9 cm³/mol. The van der Waals surface area contributed by atoms with Crippen LogP contribution in [0, 0.1) is 0 Å². The van der Waals surface area contributed by atoms with Crippen LogP contribution in [0.3, 0.4) is 0 Å². The largest absolute Gasteiger partial charge is 0.464 e. The molecule has 1 aromatic carbocycles. The van der Waals surface area contributed by atoms with Crippen LogP contribution in [-0.4, -0.2) is 10.2 Å². The van der Waals surface area contributed by atoms with Crippen molar-refractivity contribution in [2.24, 2.45) is 0 Å². The highest BCUT2D eigenvalue weighted by Gasteiger charge is 2.14. The Morgan fingerprint density at radius 1 is 1.31 bits per heavy atom. The van der Waals surface area contributed by atoms with Crippen LogP contribution >= 0.6 is 15.9 Å². The summed E-state index contributed by atoms with van der Waals surface area (Å²) in [4.78, 5) is 0. The molecule has 0 aliphatic heterocycles. The summed E-state index contributed by atoms with van der Waals surface area (Å²) in [5.74, 6) is 0.445. The van der Waals surface area contributed by atoms with Gasteiger partial charge in [-0.05, 0) is 22.0 Å². The fraction of sp³-hybridized carbons (Fsp3) is 0. The first-order valence-electron chi connectivity index (χ1n) is 4.73. The zero-order valence-corrected chi connectivity index (χ0v) is 9.78. The molecular weight excluding hydrogens is 270 g/mol. The van der Waals surface area contributed by atoms with Crippen molar-refractivity contribution in [2.75, 3.05) is 5.73 Å². The average molecular weight is 278 g/mol. The van der Waals surface area contributed by atoms with E-state index in [2.05, 4.69) is 26.1 Å². The summed E-state index contributed by atoms with van der Waals surface area (Å²) in [5.41, 5.74) is 8.30. The number of rotatable bonds is 1. The monoisotopic (exact) mass is 277 g/mol. The topological polar surface area (TPSA) is 67.8 Å². The smallest absolute Gasteiger partial charge is 0.160 e. The Morgan fingerprint density at radius 3 is 2.88 bits per heavy atom. The molecule has 16 heavy (non-hydrogen) atoms. The number of nitrogens with one attached hydrogen (secondary N) is 1. The van der Waals surface area contributed by atoms with E-state index in [1.165, 1.54) is 0 Å². The average Bonchev–Trinajstić information content (AvgIpc) is 2.85. The third kappa shape index (κ3) is 1.25. The van der Waals surface area contributed by atoms with Gasteiger partial charge in [0.25, 0.3) is 0 Å². The minimum atomic E-state index is 0.445. The Morgan fingerprint density at radius 2 is 2.12 bits per heavy atom. The molecule has 0 unspecified atom stereocenters. The maximum Gasteiger partial charge on any atom is 0.160 e. The number of benzene rings is 1. The molecule has 0 radical (unpaired) electrons. The van der Waals surface area contributed by atoms with Crippen LogP contribution in [0.1, 0.15) is 0 Å². The van der Waals surface area contributed by atoms with Gasteiger partial charge in [0.1, 0.15) is 11.8 Å². The van der Waals surface area contributed by atoms with Crippen LogP contribution in [0.15, 0.2) is 39.4 Å². The number of hydrogen-bond donors (Lipinski definition) is 2. The highest BCUT2D eigenvalue weighted by molar-refractivity contribution is 9.10. The molecule has 80 valence electrons. The van der Waals surface area contributed by atoms with Crippen LogP contribution in [0.4, 0.5) is 5.82 Å². The Hall–Kier alpha value is -1.75. The minimum Gasteiger partial charge on any atom is -0.464 e. The number of nitrogens with zero attached hydrogens (tertiary/aromatic N) is 1. The summed E-state index contributed by atoms with van der Waals surface area (Å²) in [6.45, 7) is 0. The van der Waals surface area contributed by atoms with Gasteiger partial charge in [-0.25, -0.2) is 0 Å². The summed E-state index contributed by atoms with van der Waals surface area (Å²) >= 11 is 3.40. The Kier molecular flexibility index (Phi) is 2.00. The van der Waals surface area contributed by atoms with Crippen molar-refractivity contribution in [1.29, 1.82) is 0 Å². The van der Waals surface area contributed by atoms with E-state index in [9.17, 15) is 0 Å². The maximum atomic E-state index is 5.67. The summed E-state index contributed by atoms with van der Waals surface area (Å²) in [5, 5.41) is 7.86. The number of para-hydroxylation sites is 1. The predicted octanol–water partition coefficient (Wildman–Crippen LogP) is 3.17. The molecule has 0 aliphatic carbocycles. The van der Waals surface area contributed by atoms with Crippen molar-refractivity contribution in [2.45, 2.75) is 0 Å². The molecule has 0 saturated carbocycles. The van der Waals surface area contributed by atoms with E-state index in [1.54, 1.807) is 6.26 Å². The lowest BCUT2D eigenvalue weighted by Gasteiger charge is -1.94. The van der Waals surface area contributed by atoms with E-state index < -0.39 is 0 Å². The van der Waals surface area contributed by atoms with Gasteiger partial charge in [-0.15, -0.1) is 0 Å². The number of aromatic amines is 1. The maximum absolute atomic E-state index is 5.67. The summed E-state index contributed by atoms with van der Waals surface area (Å²) in [7, 11) is 0. The van der Waals surface area contributed by atoms with Crippen molar-refractivity contribution < 1.29 is 4.42 Å². The zero-order chi connectivity index (χ0) is 11.1. The van der Waals surface area contributed by atoms with Gasteiger partial charge >= 0.3 is 0 Å². The van der Waals surface area contributed by atoms with Gasteiger partial charge in [-0.2, -0.15) is 5.10 Å². The molecule has 0 spiro atoms. The van der Waals surface area contributed by atoms with E-state index in [1.807, 2.05) is 24.3 Å². The van der Waals surface area contributed by atoms with Gasteiger partial charge < -0.3 is 10.2 Å². The molecule has 3 aromatic rings. The van der Waals surface area contributed by atoms with Crippen LogP contribution in [0.25, 0.3) is 22.2 Å². The lowest BCUT2D eigenvalue weighted by atomic mass is 10.1. The highest BCUT2D eigenvalue weighted by Crippen LogP contribution is 2.35. The van der Waals surface area contributed by atoms with Gasteiger partial charge in [-0.3, -0.25) is 5.10 Å². The third-order valence-corrected chi connectivity index (χ3v) is 3.29. The number of halogens is 1. The third-order valence-electron chi connectivity index (χ3n) is 2.48. The van der Waals surface area contributed by atoms with Crippen LogP contribution in [-0.2, 0) is 0 Å². The molecule has 3 rings (SSSR count). The molecule has 4 nitrogen and oxygen atoms in total. The zero-order valence-electron chi connectivity index (χ0n) is 8.20. The number of anilines is 1. The molecule has 0 bridgehead atoms. The van der Waals surface area contributed by atoms with Crippen molar-refractivity contribution in [3.63, 3.8) is 0 Å². The molecular formula is C11H8BrN3O. The van der Waals surface area contributed by atoms with Gasteiger partial charge in [-0.1, -0.05) is 18.2 Å². The fourth-order valence-corrected chi connectivity index (χ4v) is 2.08. The summed E-state index contributed by atoms with van der Waals surface area (Å²) in [6, 6.07) is 7.82. The second-order valence-electron chi connectivity index (χ2n) is 3.44. The molecule has 0 fully saturated rings. The summed E-state index contributed by atoms with van der Waals surface area (Å²) < 4.78 is 6.22. The standard InChI is InChI=1S/C11H8BrN3O/c12-9-10(14-15-11(9)13)7-5-16-8-4-2-1-3-6(7)8/h1-5H,(H3,13,14,15). The lowest BCUT2D eigenvalue weighted by molar-refractivity contribution is 0.616. The van der Waals surface area contributed by atoms with Crippen LogP contribution in [0.5, 0.6) is 0 Å². The van der Waals surface area contributed by atoms with Crippen LogP contribution in [0.2, 0.25) is 0 Å². The van der Waals surface area contributed by atoms with E-state index in [0.717, 1.165) is 26.7 Å². The van der Waals surface area contributed by atoms with Gasteiger partial charge in [0.15, 0.2) is 5.82 Å². The number of fused-ring (bicyclic) bond motifs is 1. The minimum absolute atomic E-state index is 0.445. The Labute approximate surface area is 99.6 Å². The second kappa shape index (κ2) is 3.38. The Balaban J connectivity index is 2.30. The molecule has 3 N–H and O–H groups in total. The van der Waals surface area contributed by atoms with E-state index >= 15 is 0 Å². The lowest BCUT2D eigenvalue weighted by Crippen LogP contribution is -1.83. The van der Waals surface area contributed by atoms with Crippen molar-refractivity contribution in [3.8, 4) is 11.3 Å². The van der Waals surface area contributed by atoms with Crippen molar-refractivity contribution in [3.05, 3.63) is 35.0 Å². The molecule has 5 heteroatoms. The molecule has 0 amide bonds. The first-order valence-corrected chi connectivity index (χ1v) is 5.52. The van der Waals surface area contributed by atoms with Gasteiger partial charge in [0.05, 0.1) is 10.2 Å². The summed E-state index contributed by atoms with van der Waals surface area (Å²) in [6.07, 6.45) is 1.70. The highest BCUT2D eigenvalue weighted by atomic mass is 79.9. The number of aromatic nitrogens is 2. The number of H-pyrrole nitrogens is 1. The molecule has 0 saturated heterocycles. The van der Waals surface area contributed by atoms with Crippen LogP contribution < -0.4 is 5.73 Å².